The van der Waals surface area contributed by atoms with Gasteiger partial charge in [0.25, 0.3) is 5.56 Å². The third-order valence-corrected chi connectivity index (χ3v) is 5.73. The summed E-state index contributed by atoms with van der Waals surface area (Å²) in [5.41, 5.74) is -0.810. The summed E-state index contributed by atoms with van der Waals surface area (Å²) in [4.78, 5) is 25.3. The molecular weight excluding hydrogens is 288 g/mol. The van der Waals surface area contributed by atoms with Gasteiger partial charge >= 0.3 is 5.69 Å². The van der Waals surface area contributed by atoms with Crippen LogP contribution in [0, 0.1) is 0 Å². The molecule has 3 heterocycles. The molecular formula is C11H14N2O4S2. The fourth-order valence-corrected chi connectivity index (χ4v) is 5.17. The van der Waals surface area contributed by atoms with Gasteiger partial charge in [-0.1, -0.05) is 21.6 Å². The summed E-state index contributed by atoms with van der Waals surface area (Å²) < 4.78 is 13.2. The Morgan fingerprint density at radius 2 is 2.21 bits per heavy atom. The lowest BCUT2D eigenvalue weighted by Gasteiger charge is -2.30. The molecule has 2 aliphatic heterocycles. The van der Waals surface area contributed by atoms with Gasteiger partial charge in [0.15, 0.2) is 5.79 Å². The minimum Gasteiger partial charge on any atom is -0.344 e. The Balaban J connectivity index is 1.96. The molecule has 0 aromatic carbocycles. The second kappa shape index (κ2) is 4.69. The first-order valence-electron chi connectivity index (χ1n) is 5.92. The molecule has 2 saturated heterocycles. The first-order valence-corrected chi connectivity index (χ1v) is 8.30. The molecule has 2 fully saturated rings. The van der Waals surface area contributed by atoms with Crippen LogP contribution in [-0.2, 0) is 9.47 Å². The third kappa shape index (κ3) is 2.49. The van der Waals surface area contributed by atoms with Crippen LogP contribution in [0.5, 0.6) is 0 Å². The highest BCUT2D eigenvalue weighted by molar-refractivity contribution is 8.76. The molecule has 3 rings (SSSR count). The summed E-state index contributed by atoms with van der Waals surface area (Å²) in [7, 11) is 3.21. The van der Waals surface area contributed by atoms with Crippen LogP contribution in [0.4, 0.5) is 0 Å². The number of aromatic nitrogens is 2. The van der Waals surface area contributed by atoms with Crippen molar-refractivity contribution in [3.05, 3.63) is 33.1 Å². The van der Waals surface area contributed by atoms with Crippen LogP contribution in [0.3, 0.4) is 0 Å². The summed E-state index contributed by atoms with van der Waals surface area (Å²) in [5, 5.41) is -0.199. The van der Waals surface area contributed by atoms with Gasteiger partial charge in [-0.2, -0.15) is 0 Å². The maximum absolute atomic E-state index is 11.9. The normalized spacial score (nSPS) is 33.1. The van der Waals surface area contributed by atoms with Crippen molar-refractivity contribution in [2.75, 3.05) is 5.75 Å². The van der Waals surface area contributed by atoms with Gasteiger partial charge in [-0.25, -0.2) is 4.79 Å². The van der Waals surface area contributed by atoms with Crippen molar-refractivity contribution in [1.29, 1.82) is 0 Å². The van der Waals surface area contributed by atoms with E-state index in [2.05, 4.69) is 4.98 Å². The van der Waals surface area contributed by atoms with E-state index in [0.29, 0.717) is 0 Å². The van der Waals surface area contributed by atoms with Crippen LogP contribution in [-0.4, -0.2) is 33.3 Å². The highest BCUT2D eigenvalue weighted by Gasteiger charge is 2.48. The average Bonchev–Trinajstić information content (AvgIpc) is 2.63. The third-order valence-electron chi connectivity index (χ3n) is 3.03. The molecule has 0 radical (unpaired) electrons. The number of aromatic amines is 1. The van der Waals surface area contributed by atoms with E-state index in [-0.39, 0.29) is 17.6 Å². The summed E-state index contributed by atoms with van der Waals surface area (Å²) in [6.07, 6.45) is 1.28. The highest BCUT2D eigenvalue weighted by atomic mass is 33.1. The number of rotatable bonds is 1. The molecule has 19 heavy (non-hydrogen) atoms. The molecule has 0 aliphatic carbocycles. The second-order valence-corrected chi connectivity index (χ2v) is 7.46. The Labute approximate surface area is 117 Å². The zero-order valence-corrected chi connectivity index (χ0v) is 12.1. The first kappa shape index (κ1) is 13.3. The standard InChI is InChI=1S/C11H14N2O4S2/c1-11(2)16-6-5-18-19-9(8(6)17-11)13-4-3-7(14)12-10(13)15/h3-4,6,8-9H,5H2,1-2H3,(H,12,14,15)/t6-,8-,9-/m1/s1. The molecule has 104 valence electrons. The van der Waals surface area contributed by atoms with Gasteiger partial charge in [0.2, 0.25) is 0 Å². The highest BCUT2D eigenvalue weighted by Crippen LogP contribution is 2.49. The van der Waals surface area contributed by atoms with Crippen molar-refractivity contribution >= 4 is 21.6 Å². The van der Waals surface area contributed by atoms with Crippen LogP contribution in [0.2, 0.25) is 0 Å². The zero-order valence-electron chi connectivity index (χ0n) is 10.5. The van der Waals surface area contributed by atoms with Gasteiger partial charge < -0.3 is 9.47 Å². The van der Waals surface area contributed by atoms with Gasteiger partial charge in [-0.15, -0.1) is 0 Å². The number of fused-ring (bicyclic) bond motifs is 1. The summed E-state index contributed by atoms with van der Waals surface area (Å²) >= 11 is 0. The Hall–Kier alpha value is -0.700. The second-order valence-electron chi connectivity index (χ2n) is 4.93. The van der Waals surface area contributed by atoms with E-state index in [1.807, 2.05) is 13.8 Å². The predicted molar refractivity (Wildman–Crippen MR) is 74.2 cm³/mol. The lowest BCUT2D eigenvalue weighted by Crippen LogP contribution is -2.41. The van der Waals surface area contributed by atoms with Gasteiger partial charge in [0, 0.05) is 18.0 Å². The van der Waals surface area contributed by atoms with E-state index in [1.165, 1.54) is 16.8 Å². The topological polar surface area (TPSA) is 73.3 Å². The fraction of sp³-hybridized carbons (Fsp3) is 0.636. The molecule has 1 aromatic rings. The van der Waals surface area contributed by atoms with Crippen molar-refractivity contribution in [1.82, 2.24) is 9.55 Å². The Morgan fingerprint density at radius 1 is 1.42 bits per heavy atom. The fourth-order valence-electron chi connectivity index (χ4n) is 2.30. The summed E-state index contributed by atoms with van der Waals surface area (Å²) in [6, 6.07) is 1.34. The molecule has 1 aromatic heterocycles. The number of nitrogens with one attached hydrogen (secondary N) is 1. The van der Waals surface area contributed by atoms with E-state index in [0.717, 1.165) is 5.75 Å². The summed E-state index contributed by atoms with van der Waals surface area (Å²) in [6.45, 7) is 3.74. The van der Waals surface area contributed by atoms with Crippen LogP contribution in [0.25, 0.3) is 0 Å². The van der Waals surface area contributed by atoms with E-state index < -0.39 is 17.0 Å². The lowest BCUT2D eigenvalue weighted by molar-refractivity contribution is -0.145. The molecule has 1 N–H and O–H groups in total. The molecule has 0 spiro atoms. The molecule has 0 saturated carbocycles. The zero-order chi connectivity index (χ0) is 13.6. The van der Waals surface area contributed by atoms with Crippen molar-refractivity contribution in [2.45, 2.75) is 37.2 Å². The van der Waals surface area contributed by atoms with Crippen molar-refractivity contribution < 1.29 is 9.47 Å². The molecule has 0 unspecified atom stereocenters. The minimum absolute atomic E-state index is 0.0370. The molecule has 0 bridgehead atoms. The van der Waals surface area contributed by atoms with Crippen molar-refractivity contribution in [2.24, 2.45) is 0 Å². The maximum Gasteiger partial charge on any atom is 0.329 e. The van der Waals surface area contributed by atoms with Gasteiger partial charge in [0.05, 0.1) is 6.10 Å². The average molecular weight is 302 g/mol. The van der Waals surface area contributed by atoms with Crippen molar-refractivity contribution in [3.63, 3.8) is 0 Å². The van der Waals surface area contributed by atoms with Crippen LogP contribution < -0.4 is 11.2 Å². The van der Waals surface area contributed by atoms with Crippen LogP contribution in [0.15, 0.2) is 21.9 Å². The maximum atomic E-state index is 11.9. The minimum atomic E-state index is -0.634. The largest absolute Gasteiger partial charge is 0.344 e. The van der Waals surface area contributed by atoms with Crippen LogP contribution >= 0.6 is 21.6 Å². The van der Waals surface area contributed by atoms with Gasteiger partial charge in [0.1, 0.15) is 11.5 Å². The van der Waals surface area contributed by atoms with Gasteiger partial charge in [-0.3, -0.25) is 14.3 Å². The smallest absolute Gasteiger partial charge is 0.329 e. The van der Waals surface area contributed by atoms with Crippen molar-refractivity contribution in [3.8, 4) is 0 Å². The first-order chi connectivity index (χ1) is 8.96. The molecule has 3 atom stereocenters. The molecule has 2 aliphatic rings. The number of H-pyrrole nitrogens is 1. The van der Waals surface area contributed by atoms with Crippen LogP contribution in [0.1, 0.15) is 19.2 Å². The Kier molecular flexibility index (Phi) is 3.28. The molecule has 8 heteroatoms. The monoisotopic (exact) mass is 302 g/mol. The van der Waals surface area contributed by atoms with E-state index in [4.69, 9.17) is 9.47 Å². The van der Waals surface area contributed by atoms with E-state index >= 15 is 0 Å². The lowest BCUT2D eigenvalue weighted by atomic mass is 10.2. The predicted octanol–water partition coefficient (Wildman–Crippen LogP) is 0.950. The number of ether oxygens (including phenoxy) is 2. The molecule has 6 nitrogen and oxygen atoms in total. The summed E-state index contributed by atoms with van der Waals surface area (Å²) in [5.74, 6) is 0.193. The van der Waals surface area contributed by atoms with E-state index in [1.54, 1.807) is 21.6 Å². The van der Waals surface area contributed by atoms with Gasteiger partial charge in [-0.05, 0) is 13.8 Å². The number of hydrogen-bond donors (Lipinski definition) is 1. The van der Waals surface area contributed by atoms with E-state index in [9.17, 15) is 9.59 Å². The SMILES string of the molecule is CC1(C)O[C@H]2[C@H](n3ccc(=O)[nH]c3=O)SSC[C@H]2O1. The Bertz CT molecular complexity index is 597. The quantitative estimate of drug-likeness (QED) is 0.779. The number of hydrogen-bond acceptors (Lipinski definition) is 6. The molecule has 0 amide bonds. The number of nitrogens with zero attached hydrogens (tertiary/aromatic N) is 1. The Morgan fingerprint density at radius 3 is 2.95 bits per heavy atom.